The van der Waals surface area contributed by atoms with Crippen molar-refractivity contribution in [1.82, 2.24) is 19.6 Å². The highest BCUT2D eigenvalue weighted by atomic mass is 127. The molecule has 3 rings (SSSR count). The van der Waals surface area contributed by atoms with Crippen LogP contribution in [0.2, 0.25) is 0 Å². The van der Waals surface area contributed by atoms with Gasteiger partial charge in [-0.25, -0.2) is 4.98 Å². The number of aromatic nitrogens is 4. The summed E-state index contributed by atoms with van der Waals surface area (Å²) in [7, 11) is 0. The van der Waals surface area contributed by atoms with Crippen LogP contribution in [-0.4, -0.2) is 39.2 Å². The maximum Gasteiger partial charge on any atom is 0.212 e. The van der Waals surface area contributed by atoms with Gasteiger partial charge in [-0.3, -0.25) is 4.40 Å². The number of hydrogen-bond acceptors (Lipinski definition) is 5. The van der Waals surface area contributed by atoms with Crippen LogP contribution in [0.15, 0.2) is 12.5 Å². The lowest BCUT2D eigenvalue weighted by atomic mass is 9.94. The SMILES string of the molecule is NCCC1CCN(c2ncc(I)c3nncn23)CC1. The van der Waals surface area contributed by atoms with E-state index in [1.807, 2.05) is 10.6 Å². The van der Waals surface area contributed by atoms with E-state index in [0.717, 1.165) is 47.1 Å². The zero-order chi connectivity index (χ0) is 13.2. The van der Waals surface area contributed by atoms with Crippen LogP contribution in [0.3, 0.4) is 0 Å². The van der Waals surface area contributed by atoms with E-state index >= 15 is 0 Å². The first-order chi connectivity index (χ1) is 9.29. The molecule has 1 aliphatic heterocycles. The summed E-state index contributed by atoms with van der Waals surface area (Å²) in [6.45, 7) is 2.86. The Kier molecular flexibility index (Phi) is 3.83. The second-order valence-corrected chi connectivity index (χ2v) is 6.10. The number of anilines is 1. The lowest BCUT2D eigenvalue weighted by Crippen LogP contribution is -2.36. The first kappa shape index (κ1) is 13.0. The monoisotopic (exact) mass is 372 g/mol. The minimum atomic E-state index is 0.765. The number of piperidine rings is 1. The molecular weight excluding hydrogens is 355 g/mol. The van der Waals surface area contributed by atoms with Gasteiger partial charge in [-0.2, -0.15) is 0 Å². The first-order valence-corrected chi connectivity index (χ1v) is 7.66. The van der Waals surface area contributed by atoms with E-state index < -0.39 is 0 Å². The van der Waals surface area contributed by atoms with E-state index in [0.29, 0.717) is 0 Å². The molecule has 1 fully saturated rings. The molecule has 0 aromatic carbocycles. The van der Waals surface area contributed by atoms with Crippen LogP contribution >= 0.6 is 22.6 Å². The number of halogens is 1. The average molecular weight is 372 g/mol. The summed E-state index contributed by atoms with van der Waals surface area (Å²) in [5.41, 5.74) is 6.52. The summed E-state index contributed by atoms with van der Waals surface area (Å²) in [4.78, 5) is 6.87. The van der Waals surface area contributed by atoms with E-state index in [1.165, 1.54) is 12.8 Å². The number of rotatable bonds is 3. The largest absolute Gasteiger partial charge is 0.342 e. The van der Waals surface area contributed by atoms with Crippen molar-refractivity contribution in [2.75, 3.05) is 24.5 Å². The van der Waals surface area contributed by atoms with Crippen molar-refractivity contribution in [2.24, 2.45) is 11.7 Å². The van der Waals surface area contributed by atoms with Gasteiger partial charge in [0.1, 0.15) is 6.33 Å². The molecule has 0 bridgehead atoms. The molecule has 7 heteroatoms. The quantitative estimate of drug-likeness (QED) is 0.823. The molecule has 3 heterocycles. The highest BCUT2D eigenvalue weighted by molar-refractivity contribution is 14.1. The van der Waals surface area contributed by atoms with Gasteiger partial charge in [-0.15, -0.1) is 10.2 Å². The molecule has 0 saturated carbocycles. The highest BCUT2D eigenvalue weighted by Crippen LogP contribution is 2.24. The molecular formula is C12H17IN6. The summed E-state index contributed by atoms with van der Waals surface area (Å²) in [5.74, 6) is 1.72. The standard InChI is InChI=1S/C12H17IN6/c13-10-7-15-12(19-8-16-17-11(10)19)18-5-2-9(1-4-14)3-6-18/h7-9H,1-6,14H2. The second-order valence-electron chi connectivity index (χ2n) is 4.94. The Balaban J connectivity index is 1.82. The summed E-state index contributed by atoms with van der Waals surface area (Å²) in [5, 5.41) is 8.13. The van der Waals surface area contributed by atoms with Crippen molar-refractivity contribution in [1.29, 1.82) is 0 Å². The van der Waals surface area contributed by atoms with Crippen molar-refractivity contribution in [3.05, 3.63) is 16.1 Å². The first-order valence-electron chi connectivity index (χ1n) is 6.59. The van der Waals surface area contributed by atoms with Crippen molar-refractivity contribution < 1.29 is 0 Å². The maximum atomic E-state index is 5.63. The predicted molar refractivity (Wildman–Crippen MR) is 82.1 cm³/mol. The second kappa shape index (κ2) is 5.58. The minimum absolute atomic E-state index is 0.765. The fraction of sp³-hybridized carbons (Fsp3) is 0.583. The Morgan fingerprint density at radius 1 is 1.37 bits per heavy atom. The zero-order valence-electron chi connectivity index (χ0n) is 10.7. The van der Waals surface area contributed by atoms with Gasteiger partial charge < -0.3 is 10.6 Å². The molecule has 0 radical (unpaired) electrons. The molecule has 6 nitrogen and oxygen atoms in total. The van der Waals surface area contributed by atoms with E-state index in [1.54, 1.807) is 6.33 Å². The van der Waals surface area contributed by atoms with Gasteiger partial charge in [0.2, 0.25) is 5.95 Å². The van der Waals surface area contributed by atoms with E-state index in [4.69, 9.17) is 5.73 Å². The normalized spacial score (nSPS) is 17.3. The van der Waals surface area contributed by atoms with Crippen molar-refractivity contribution >= 4 is 34.2 Å². The molecule has 0 unspecified atom stereocenters. The van der Waals surface area contributed by atoms with E-state index in [2.05, 4.69) is 42.7 Å². The highest BCUT2D eigenvalue weighted by Gasteiger charge is 2.21. The fourth-order valence-electron chi connectivity index (χ4n) is 2.67. The minimum Gasteiger partial charge on any atom is -0.342 e. The van der Waals surface area contributed by atoms with Gasteiger partial charge in [0, 0.05) is 19.3 Å². The fourth-order valence-corrected chi connectivity index (χ4v) is 3.18. The third-order valence-corrected chi connectivity index (χ3v) is 4.50. The van der Waals surface area contributed by atoms with Crippen LogP contribution in [0.5, 0.6) is 0 Å². The maximum absolute atomic E-state index is 5.63. The van der Waals surface area contributed by atoms with Crippen LogP contribution in [0.1, 0.15) is 19.3 Å². The molecule has 2 N–H and O–H groups in total. The molecule has 0 atom stereocenters. The molecule has 1 saturated heterocycles. The van der Waals surface area contributed by atoms with E-state index in [-0.39, 0.29) is 0 Å². The number of nitrogens with two attached hydrogens (primary N) is 1. The molecule has 1 aliphatic rings. The Hall–Kier alpha value is -0.960. The number of fused-ring (bicyclic) bond motifs is 1. The predicted octanol–water partition coefficient (Wildman–Crippen LogP) is 1.29. The Morgan fingerprint density at radius 2 is 2.16 bits per heavy atom. The zero-order valence-corrected chi connectivity index (χ0v) is 12.8. The van der Waals surface area contributed by atoms with Crippen molar-refractivity contribution in [3.63, 3.8) is 0 Å². The summed E-state index contributed by atoms with van der Waals surface area (Å²) < 4.78 is 3.00. The van der Waals surface area contributed by atoms with Gasteiger partial charge in [-0.05, 0) is 54.3 Å². The van der Waals surface area contributed by atoms with E-state index in [9.17, 15) is 0 Å². The smallest absolute Gasteiger partial charge is 0.212 e. The summed E-state index contributed by atoms with van der Waals surface area (Å²) in [6.07, 6.45) is 7.12. The van der Waals surface area contributed by atoms with Gasteiger partial charge in [-0.1, -0.05) is 0 Å². The lowest BCUT2D eigenvalue weighted by molar-refractivity contribution is 0.383. The molecule has 0 aliphatic carbocycles. The van der Waals surface area contributed by atoms with Crippen LogP contribution < -0.4 is 10.6 Å². The van der Waals surface area contributed by atoms with Crippen LogP contribution in [0.4, 0.5) is 5.95 Å². The summed E-state index contributed by atoms with van der Waals surface area (Å²) >= 11 is 2.24. The van der Waals surface area contributed by atoms with Gasteiger partial charge in [0.05, 0.1) is 3.57 Å². The van der Waals surface area contributed by atoms with Crippen molar-refractivity contribution in [3.8, 4) is 0 Å². The van der Waals surface area contributed by atoms with Crippen LogP contribution in [-0.2, 0) is 0 Å². The van der Waals surface area contributed by atoms with Crippen LogP contribution in [0.25, 0.3) is 5.65 Å². The topological polar surface area (TPSA) is 72.3 Å². The third-order valence-electron chi connectivity index (χ3n) is 3.74. The number of nitrogens with zero attached hydrogens (tertiary/aromatic N) is 5. The molecule has 2 aromatic rings. The Bertz CT molecular complexity index is 560. The number of hydrogen-bond donors (Lipinski definition) is 1. The average Bonchev–Trinajstić information content (AvgIpc) is 2.91. The summed E-state index contributed by atoms with van der Waals surface area (Å²) in [6, 6.07) is 0. The molecule has 19 heavy (non-hydrogen) atoms. The third kappa shape index (κ3) is 2.53. The molecule has 0 spiro atoms. The lowest BCUT2D eigenvalue weighted by Gasteiger charge is -2.32. The van der Waals surface area contributed by atoms with Crippen LogP contribution in [0, 0.1) is 9.49 Å². The molecule has 102 valence electrons. The Labute approximate surface area is 125 Å². The molecule has 2 aromatic heterocycles. The van der Waals surface area contributed by atoms with Gasteiger partial charge >= 0.3 is 0 Å². The van der Waals surface area contributed by atoms with Crippen molar-refractivity contribution in [2.45, 2.75) is 19.3 Å². The Morgan fingerprint density at radius 3 is 2.89 bits per heavy atom. The molecule has 0 amide bonds. The van der Waals surface area contributed by atoms with Gasteiger partial charge in [0.25, 0.3) is 0 Å². The van der Waals surface area contributed by atoms with Gasteiger partial charge in [0.15, 0.2) is 5.65 Å².